The van der Waals surface area contributed by atoms with Crippen LogP contribution in [0.4, 0.5) is 5.69 Å². The second kappa shape index (κ2) is 4.69. The van der Waals surface area contributed by atoms with Gasteiger partial charge >= 0.3 is 0 Å². The van der Waals surface area contributed by atoms with Crippen LogP contribution >= 0.6 is 23.2 Å². The standard InChI is InChI=1S/C11H5Cl2N2O2/c12-7-3-4-8(9(13)6-7)11-10(15(16)17)2-1-5-14-11/h1-4,6H. The van der Waals surface area contributed by atoms with E-state index < -0.39 is 4.92 Å². The van der Waals surface area contributed by atoms with Gasteiger partial charge in [-0.2, -0.15) is 0 Å². The first kappa shape index (κ1) is 11.8. The van der Waals surface area contributed by atoms with Gasteiger partial charge in [-0.05, 0) is 24.3 Å². The minimum atomic E-state index is -0.513. The maximum absolute atomic E-state index is 10.9. The first-order chi connectivity index (χ1) is 8.09. The molecule has 1 aromatic heterocycles. The third kappa shape index (κ3) is 2.38. The third-order valence-electron chi connectivity index (χ3n) is 2.12. The average Bonchev–Trinajstić information content (AvgIpc) is 2.29. The van der Waals surface area contributed by atoms with Gasteiger partial charge in [0.1, 0.15) is 5.69 Å². The topological polar surface area (TPSA) is 56.0 Å². The van der Waals surface area contributed by atoms with E-state index in [1.165, 1.54) is 18.2 Å². The summed E-state index contributed by atoms with van der Waals surface area (Å²) in [5, 5.41) is 11.6. The lowest BCUT2D eigenvalue weighted by molar-refractivity contribution is -0.384. The molecule has 0 aliphatic rings. The fraction of sp³-hybridized carbons (Fsp3) is 0. The first-order valence-electron chi connectivity index (χ1n) is 4.56. The summed E-state index contributed by atoms with van der Waals surface area (Å²) < 4.78 is 0. The molecule has 1 aromatic carbocycles. The molecule has 2 aromatic rings. The fourth-order valence-corrected chi connectivity index (χ4v) is 1.88. The van der Waals surface area contributed by atoms with E-state index in [9.17, 15) is 10.1 Å². The molecule has 1 heterocycles. The Morgan fingerprint density at radius 1 is 1.29 bits per heavy atom. The van der Waals surface area contributed by atoms with E-state index in [2.05, 4.69) is 11.2 Å². The summed E-state index contributed by atoms with van der Waals surface area (Å²) >= 11 is 11.7. The van der Waals surface area contributed by atoms with Crippen molar-refractivity contribution >= 4 is 28.9 Å². The molecule has 6 heteroatoms. The minimum absolute atomic E-state index is 0.118. The van der Waals surface area contributed by atoms with Crippen molar-refractivity contribution in [2.75, 3.05) is 0 Å². The molecule has 0 fully saturated rings. The summed E-state index contributed by atoms with van der Waals surface area (Å²) in [6, 6.07) is 7.41. The zero-order chi connectivity index (χ0) is 12.4. The SMILES string of the molecule is O=[N+]([O-])c1cc[c]nc1-c1ccc(Cl)cc1Cl. The van der Waals surface area contributed by atoms with Crippen LogP contribution in [0.5, 0.6) is 0 Å². The highest BCUT2D eigenvalue weighted by Gasteiger charge is 2.18. The van der Waals surface area contributed by atoms with Crippen LogP contribution < -0.4 is 0 Å². The molecular weight excluding hydrogens is 263 g/mol. The van der Waals surface area contributed by atoms with E-state index in [1.807, 2.05) is 0 Å². The Labute approximate surface area is 107 Å². The second-order valence-corrected chi connectivity index (χ2v) is 4.03. The third-order valence-corrected chi connectivity index (χ3v) is 2.67. The Hall–Kier alpha value is -1.65. The number of aromatic nitrogens is 1. The Kier molecular flexibility index (Phi) is 3.26. The van der Waals surface area contributed by atoms with Gasteiger partial charge in [0.05, 0.1) is 16.1 Å². The van der Waals surface area contributed by atoms with Crippen molar-refractivity contribution in [2.45, 2.75) is 0 Å². The van der Waals surface area contributed by atoms with Gasteiger partial charge < -0.3 is 0 Å². The molecule has 0 saturated heterocycles. The predicted molar refractivity (Wildman–Crippen MR) is 65.2 cm³/mol. The predicted octanol–water partition coefficient (Wildman–Crippen LogP) is 3.76. The highest BCUT2D eigenvalue weighted by molar-refractivity contribution is 6.36. The summed E-state index contributed by atoms with van der Waals surface area (Å²) in [6.07, 6.45) is 2.55. The van der Waals surface area contributed by atoms with E-state index >= 15 is 0 Å². The van der Waals surface area contributed by atoms with Crippen LogP contribution in [0.2, 0.25) is 10.0 Å². The molecule has 0 N–H and O–H groups in total. The highest BCUT2D eigenvalue weighted by atomic mass is 35.5. The van der Waals surface area contributed by atoms with Crippen molar-refractivity contribution in [3.63, 3.8) is 0 Å². The Morgan fingerprint density at radius 3 is 2.71 bits per heavy atom. The number of pyridine rings is 1. The summed E-state index contributed by atoms with van der Waals surface area (Å²) in [4.78, 5) is 14.2. The first-order valence-corrected chi connectivity index (χ1v) is 5.32. The van der Waals surface area contributed by atoms with Gasteiger partial charge in [0, 0.05) is 16.7 Å². The quantitative estimate of drug-likeness (QED) is 0.615. The molecule has 17 heavy (non-hydrogen) atoms. The lowest BCUT2D eigenvalue weighted by atomic mass is 10.1. The van der Waals surface area contributed by atoms with Gasteiger partial charge in [0.2, 0.25) is 0 Å². The molecular formula is C11H5Cl2N2O2. The number of rotatable bonds is 2. The molecule has 0 saturated carbocycles. The van der Waals surface area contributed by atoms with Crippen LogP contribution in [0.3, 0.4) is 0 Å². The smallest absolute Gasteiger partial charge is 0.258 e. The maximum Gasteiger partial charge on any atom is 0.295 e. The average molecular weight is 268 g/mol. The number of hydrogen-bond acceptors (Lipinski definition) is 3. The number of nitro groups is 1. The molecule has 85 valence electrons. The number of nitrogens with zero attached hydrogens (tertiary/aromatic N) is 2. The zero-order valence-corrected chi connectivity index (χ0v) is 9.87. The van der Waals surface area contributed by atoms with Gasteiger partial charge in [0.15, 0.2) is 0 Å². The summed E-state index contributed by atoms with van der Waals surface area (Å²) in [6.45, 7) is 0. The molecule has 0 amide bonds. The molecule has 0 bridgehead atoms. The van der Waals surface area contributed by atoms with Crippen molar-refractivity contribution in [3.05, 3.63) is 56.7 Å². The van der Waals surface area contributed by atoms with Gasteiger partial charge in [-0.25, -0.2) is 4.98 Å². The molecule has 2 rings (SSSR count). The fourth-order valence-electron chi connectivity index (χ4n) is 1.38. The van der Waals surface area contributed by atoms with Crippen LogP contribution in [0.25, 0.3) is 11.3 Å². The van der Waals surface area contributed by atoms with Gasteiger partial charge in [-0.15, -0.1) is 0 Å². The van der Waals surface area contributed by atoms with Crippen LogP contribution in [0, 0.1) is 16.3 Å². The van der Waals surface area contributed by atoms with Gasteiger partial charge in [-0.3, -0.25) is 10.1 Å². The van der Waals surface area contributed by atoms with Crippen molar-refractivity contribution in [1.82, 2.24) is 4.98 Å². The van der Waals surface area contributed by atoms with Crippen molar-refractivity contribution in [2.24, 2.45) is 0 Å². The van der Waals surface area contributed by atoms with Crippen molar-refractivity contribution in [3.8, 4) is 11.3 Å². The van der Waals surface area contributed by atoms with E-state index in [1.54, 1.807) is 12.1 Å². The van der Waals surface area contributed by atoms with E-state index in [4.69, 9.17) is 23.2 Å². The monoisotopic (exact) mass is 267 g/mol. The van der Waals surface area contributed by atoms with Crippen LogP contribution in [0.15, 0.2) is 30.3 Å². The van der Waals surface area contributed by atoms with Crippen LogP contribution in [-0.2, 0) is 0 Å². The number of benzene rings is 1. The van der Waals surface area contributed by atoms with E-state index in [0.717, 1.165) is 0 Å². The molecule has 0 unspecified atom stereocenters. The van der Waals surface area contributed by atoms with Gasteiger partial charge in [-0.1, -0.05) is 23.2 Å². The maximum atomic E-state index is 10.9. The highest BCUT2D eigenvalue weighted by Crippen LogP contribution is 2.33. The lowest BCUT2D eigenvalue weighted by Crippen LogP contribution is -1.94. The molecule has 4 nitrogen and oxygen atoms in total. The Balaban J connectivity index is 2.64. The molecule has 0 aliphatic heterocycles. The van der Waals surface area contributed by atoms with E-state index in [-0.39, 0.29) is 11.4 Å². The Morgan fingerprint density at radius 2 is 2.06 bits per heavy atom. The molecule has 0 spiro atoms. The molecule has 1 radical (unpaired) electrons. The lowest BCUT2D eigenvalue weighted by Gasteiger charge is -2.04. The minimum Gasteiger partial charge on any atom is -0.258 e. The normalized spacial score (nSPS) is 10.2. The summed E-state index contributed by atoms with van der Waals surface area (Å²) in [5.41, 5.74) is 0.520. The van der Waals surface area contributed by atoms with Crippen molar-refractivity contribution < 1.29 is 4.92 Å². The number of hydrogen-bond donors (Lipinski definition) is 0. The van der Waals surface area contributed by atoms with Crippen LogP contribution in [0.1, 0.15) is 0 Å². The molecule has 0 atom stereocenters. The Bertz CT molecular complexity index is 587. The summed E-state index contributed by atoms with van der Waals surface area (Å²) in [7, 11) is 0. The second-order valence-electron chi connectivity index (χ2n) is 3.19. The molecule has 0 aliphatic carbocycles. The van der Waals surface area contributed by atoms with Gasteiger partial charge in [0.25, 0.3) is 5.69 Å². The van der Waals surface area contributed by atoms with Crippen LogP contribution in [-0.4, -0.2) is 9.91 Å². The zero-order valence-electron chi connectivity index (χ0n) is 8.35. The van der Waals surface area contributed by atoms with Crippen molar-refractivity contribution in [1.29, 1.82) is 0 Å². The summed E-state index contributed by atoms with van der Waals surface area (Å²) in [5.74, 6) is 0. The largest absolute Gasteiger partial charge is 0.295 e. The van der Waals surface area contributed by atoms with E-state index in [0.29, 0.717) is 15.6 Å². The number of halogens is 2.